The number of aromatic nitrogens is 1. The molecule has 0 fully saturated rings. The van der Waals surface area contributed by atoms with E-state index in [9.17, 15) is 14.4 Å². The maximum Gasteiger partial charge on any atom is 0.273 e. The van der Waals surface area contributed by atoms with Crippen LogP contribution < -0.4 is 26.4 Å². The van der Waals surface area contributed by atoms with Crippen LogP contribution in [0, 0.1) is 0 Å². The topological polar surface area (TPSA) is 150 Å². The lowest BCUT2D eigenvalue weighted by atomic mass is 10.0. The fourth-order valence-corrected chi connectivity index (χ4v) is 4.03. The second-order valence-corrected chi connectivity index (χ2v) is 7.88. The zero-order valence-corrected chi connectivity index (χ0v) is 19.5. The van der Waals surface area contributed by atoms with Crippen molar-refractivity contribution in [3.05, 3.63) is 70.7 Å². The van der Waals surface area contributed by atoms with Crippen molar-refractivity contribution < 1.29 is 23.9 Å². The van der Waals surface area contributed by atoms with Crippen LogP contribution in [0.5, 0.6) is 5.75 Å². The van der Waals surface area contributed by atoms with Crippen LogP contribution in [-0.4, -0.2) is 49.5 Å². The number of ether oxygens (including phenoxy) is 2. The maximum atomic E-state index is 13.8. The average Bonchev–Trinajstić information content (AvgIpc) is 3.24. The number of nitrogen functional groups attached to an aromatic ring is 1. The highest BCUT2D eigenvalue weighted by atomic mass is 32.1. The van der Waals surface area contributed by atoms with Crippen molar-refractivity contribution in [1.82, 2.24) is 9.69 Å². The molecule has 11 heteroatoms. The molecule has 0 saturated carbocycles. The van der Waals surface area contributed by atoms with Crippen molar-refractivity contribution in [2.75, 3.05) is 38.0 Å². The van der Waals surface area contributed by atoms with Gasteiger partial charge in [-0.05, 0) is 41.4 Å². The molecule has 0 radical (unpaired) electrons. The Hall–Kier alpha value is -3.96. The van der Waals surface area contributed by atoms with Gasteiger partial charge in [0.25, 0.3) is 11.8 Å². The molecule has 2 aromatic carbocycles. The number of anilines is 2. The predicted molar refractivity (Wildman–Crippen MR) is 129 cm³/mol. The number of hydrogen-bond acceptors (Lipinski definition) is 8. The summed E-state index contributed by atoms with van der Waals surface area (Å²) >= 11 is 0.749. The molecular weight excluding hydrogens is 458 g/mol. The third kappa shape index (κ3) is 5.33. The number of amides is 3. The van der Waals surface area contributed by atoms with Crippen LogP contribution in [0.2, 0.25) is 0 Å². The van der Waals surface area contributed by atoms with Crippen LogP contribution in [0.15, 0.2) is 54.6 Å². The first-order valence-corrected chi connectivity index (χ1v) is 11.0. The molecule has 178 valence electrons. The summed E-state index contributed by atoms with van der Waals surface area (Å²) < 4.78 is 14.2. The lowest BCUT2D eigenvalue weighted by Crippen LogP contribution is -2.44. The lowest BCUT2D eigenvalue weighted by molar-refractivity contribution is -0.122. The van der Waals surface area contributed by atoms with E-state index in [2.05, 4.69) is 9.69 Å². The van der Waals surface area contributed by atoms with E-state index in [1.54, 1.807) is 54.6 Å². The smallest absolute Gasteiger partial charge is 0.273 e. The van der Waals surface area contributed by atoms with Crippen LogP contribution in [0.25, 0.3) is 0 Å². The van der Waals surface area contributed by atoms with Crippen LogP contribution in [0.1, 0.15) is 31.8 Å². The Morgan fingerprint density at radius 3 is 2.32 bits per heavy atom. The highest BCUT2D eigenvalue weighted by Gasteiger charge is 2.35. The van der Waals surface area contributed by atoms with Gasteiger partial charge in [0.15, 0.2) is 5.69 Å². The molecule has 0 saturated heterocycles. The van der Waals surface area contributed by atoms with Gasteiger partial charge in [0.2, 0.25) is 5.91 Å². The van der Waals surface area contributed by atoms with Crippen molar-refractivity contribution in [2.45, 2.75) is 6.04 Å². The molecular formula is C23H25N5O5S. The van der Waals surface area contributed by atoms with Gasteiger partial charge in [-0.3, -0.25) is 19.3 Å². The SMILES string of the molecule is COCCNC(=O)[C@@H](c1ccc(OC)cc1)N(C(=O)c1snc(C(N)=O)c1N)c1ccccc1. The molecule has 1 atom stereocenters. The number of methoxy groups -OCH3 is 2. The standard InChI is InChI=1S/C23H25N5O5S/c1-32-13-12-26-22(30)19(14-8-10-16(33-2)11-9-14)28(15-6-4-3-5-7-15)23(31)20-17(24)18(21(25)29)27-34-20/h3-11,19H,12-13,24H2,1-2H3,(H2,25,29)(H,26,30)/t19-/m1/s1. The van der Waals surface area contributed by atoms with Gasteiger partial charge in [0, 0.05) is 19.3 Å². The minimum absolute atomic E-state index is 0.000793. The zero-order valence-electron chi connectivity index (χ0n) is 18.7. The number of nitrogens with one attached hydrogen (secondary N) is 1. The van der Waals surface area contributed by atoms with Gasteiger partial charge < -0.3 is 26.3 Å². The molecule has 3 aromatic rings. The Morgan fingerprint density at radius 2 is 1.76 bits per heavy atom. The maximum absolute atomic E-state index is 13.8. The Bertz CT molecular complexity index is 1150. The molecule has 3 rings (SSSR count). The predicted octanol–water partition coefficient (Wildman–Crippen LogP) is 1.98. The van der Waals surface area contributed by atoms with Crippen molar-refractivity contribution in [2.24, 2.45) is 5.73 Å². The zero-order chi connectivity index (χ0) is 24.7. The summed E-state index contributed by atoms with van der Waals surface area (Å²) in [7, 11) is 3.06. The Labute approximate surface area is 200 Å². The highest BCUT2D eigenvalue weighted by molar-refractivity contribution is 7.09. The molecule has 3 amide bonds. The van der Waals surface area contributed by atoms with E-state index < -0.39 is 23.8 Å². The number of nitrogens with zero attached hydrogens (tertiary/aromatic N) is 2. The van der Waals surface area contributed by atoms with E-state index in [0.29, 0.717) is 23.6 Å². The van der Waals surface area contributed by atoms with E-state index in [1.165, 1.54) is 19.1 Å². The van der Waals surface area contributed by atoms with Crippen molar-refractivity contribution in [3.8, 4) is 5.75 Å². The van der Waals surface area contributed by atoms with Gasteiger partial charge >= 0.3 is 0 Å². The number of benzene rings is 2. The quantitative estimate of drug-likeness (QED) is 0.373. The Kier molecular flexibility index (Phi) is 8.17. The molecule has 0 aliphatic carbocycles. The molecule has 0 aliphatic rings. The first-order valence-electron chi connectivity index (χ1n) is 10.2. The summed E-state index contributed by atoms with van der Waals surface area (Å²) in [5.41, 5.74) is 12.0. The van der Waals surface area contributed by atoms with Crippen LogP contribution >= 0.6 is 11.5 Å². The number of carbonyl (C=O) groups excluding carboxylic acids is 3. The summed E-state index contributed by atoms with van der Waals surface area (Å²) in [5.74, 6) is -1.28. The molecule has 1 aromatic heterocycles. The van der Waals surface area contributed by atoms with Gasteiger partial charge in [-0.15, -0.1) is 0 Å². The number of para-hydroxylation sites is 1. The van der Waals surface area contributed by atoms with Gasteiger partial charge in [-0.2, -0.15) is 4.37 Å². The Morgan fingerprint density at radius 1 is 1.09 bits per heavy atom. The summed E-state index contributed by atoms with van der Waals surface area (Å²) in [5, 5.41) is 2.80. The Balaban J connectivity index is 2.14. The first-order chi connectivity index (χ1) is 16.4. The lowest BCUT2D eigenvalue weighted by Gasteiger charge is -2.31. The fraction of sp³-hybridized carbons (Fsp3) is 0.217. The van der Waals surface area contributed by atoms with Crippen LogP contribution in [-0.2, 0) is 9.53 Å². The highest BCUT2D eigenvalue weighted by Crippen LogP contribution is 2.33. The largest absolute Gasteiger partial charge is 0.497 e. The van der Waals surface area contributed by atoms with Crippen molar-refractivity contribution >= 4 is 40.6 Å². The average molecular weight is 484 g/mol. The number of carbonyl (C=O) groups is 3. The minimum Gasteiger partial charge on any atom is -0.497 e. The van der Waals surface area contributed by atoms with Crippen molar-refractivity contribution in [3.63, 3.8) is 0 Å². The molecule has 10 nitrogen and oxygen atoms in total. The minimum atomic E-state index is -1.07. The second kappa shape index (κ2) is 11.3. The summed E-state index contributed by atoms with van der Waals surface area (Å²) in [6, 6.07) is 14.4. The third-order valence-electron chi connectivity index (χ3n) is 4.95. The number of primary amides is 1. The van der Waals surface area contributed by atoms with E-state index in [1.807, 2.05) is 0 Å². The molecule has 0 aliphatic heterocycles. The van der Waals surface area contributed by atoms with Gasteiger partial charge in [0.1, 0.15) is 16.7 Å². The fourth-order valence-electron chi connectivity index (χ4n) is 3.29. The molecule has 0 spiro atoms. The van der Waals surface area contributed by atoms with Gasteiger partial charge in [-0.1, -0.05) is 30.3 Å². The first kappa shape index (κ1) is 24.7. The number of rotatable bonds is 10. The van der Waals surface area contributed by atoms with E-state index in [-0.39, 0.29) is 22.8 Å². The number of hydrogen-bond donors (Lipinski definition) is 3. The molecule has 1 heterocycles. The van der Waals surface area contributed by atoms with Crippen molar-refractivity contribution in [1.29, 1.82) is 0 Å². The normalized spacial score (nSPS) is 11.5. The van der Waals surface area contributed by atoms with E-state index >= 15 is 0 Å². The summed E-state index contributed by atoms with van der Waals surface area (Å²) in [6.45, 7) is 0.539. The molecule has 0 bridgehead atoms. The molecule has 5 N–H and O–H groups in total. The third-order valence-corrected chi connectivity index (χ3v) is 5.80. The van der Waals surface area contributed by atoms with E-state index in [0.717, 1.165) is 11.5 Å². The van der Waals surface area contributed by atoms with Crippen LogP contribution in [0.3, 0.4) is 0 Å². The second-order valence-electron chi connectivity index (χ2n) is 7.11. The monoisotopic (exact) mass is 483 g/mol. The molecule has 34 heavy (non-hydrogen) atoms. The van der Waals surface area contributed by atoms with Gasteiger partial charge in [0.05, 0.1) is 19.4 Å². The van der Waals surface area contributed by atoms with E-state index in [4.69, 9.17) is 20.9 Å². The van der Waals surface area contributed by atoms with Crippen LogP contribution in [0.4, 0.5) is 11.4 Å². The number of nitrogens with two attached hydrogens (primary N) is 2. The summed E-state index contributed by atoms with van der Waals surface area (Å²) in [4.78, 5) is 40.2. The van der Waals surface area contributed by atoms with Gasteiger partial charge in [-0.25, -0.2) is 0 Å². The molecule has 0 unspecified atom stereocenters. The summed E-state index contributed by atoms with van der Waals surface area (Å²) in [6.07, 6.45) is 0.